The highest BCUT2D eigenvalue weighted by atomic mass is 32.1. The SMILES string of the molecule is Cc1nc2c(s/c(=N\N)n2-c2ccccc2)c(=O)n1C. The average Bonchev–Trinajstić information content (AvgIpc) is 2.84. The molecule has 0 saturated heterocycles. The van der Waals surface area contributed by atoms with Crippen molar-refractivity contribution in [3.8, 4) is 5.69 Å². The van der Waals surface area contributed by atoms with Gasteiger partial charge in [0.1, 0.15) is 10.5 Å². The van der Waals surface area contributed by atoms with Gasteiger partial charge >= 0.3 is 0 Å². The molecule has 7 heteroatoms. The lowest BCUT2D eigenvalue weighted by atomic mass is 10.3. The van der Waals surface area contributed by atoms with Gasteiger partial charge in [-0.25, -0.2) is 4.98 Å². The lowest BCUT2D eigenvalue weighted by Crippen LogP contribution is -2.20. The number of fused-ring (bicyclic) bond motifs is 1. The number of nitrogens with two attached hydrogens (primary N) is 1. The molecule has 0 bridgehead atoms. The zero-order valence-electron chi connectivity index (χ0n) is 11.1. The summed E-state index contributed by atoms with van der Waals surface area (Å²) in [6.07, 6.45) is 0. The lowest BCUT2D eigenvalue weighted by molar-refractivity contribution is 0.787. The monoisotopic (exact) mass is 287 g/mol. The number of aromatic nitrogens is 3. The lowest BCUT2D eigenvalue weighted by Gasteiger charge is -2.06. The Balaban J connectivity index is 2.52. The van der Waals surface area contributed by atoms with Crippen molar-refractivity contribution in [1.82, 2.24) is 14.1 Å². The summed E-state index contributed by atoms with van der Waals surface area (Å²) >= 11 is 1.24. The quantitative estimate of drug-likeness (QED) is 0.533. The van der Waals surface area contributed by atoms with E-state index in [0.29, 0.717) is 21.0 Å². The second-order valence-electron chi connectivity index (χ2n) is 4.36. The molecule has 0 saturated carbocycles. The van der Waals surface area contributed by atoms with Gasteiger partial charge in [-0.15, -0.1) is 0 Å². The van der Waals surface area contributed by atoms with E-state index >= 15 is 0 Å². The molecule has 0 spiro atoms. The Kier molecular flexibility index (Phi) is 2.90. The van der Waals surface area contributed by atoms with Crippen LogP contribution >= 0.6 is 11.3 Å². The summed E-state index contributed by atoms with van der Waals surface area (Å²) < 4.78 is 3.87. The van der Waals surface area contributed by atoms with Gasteiger partial charge in [0.2, 0.25) is 4.80 Å². The van der Waals surface area contributed by atoms with Crippen molar-refractivity contribution in [2.24, 2.45) is 18.0 Å². The minimum Gasteiger partial charge on any atom is -0.320 e. The fourth-order valence-electron chi connectivity index (χ4n) is 2.04. The minimum absolute atomic E-state index is 0.0860. The molecule has 0 atom stereocenters. The molecule has 20 heavy (non-hydrogen) atoms. The molecule has 2 aromatic heterocycles. The first-order valence-electron chi connectivity index (χ1n) is 6.02. The van der Waals surface area contributed by atoms with E-state index in [-0.39, 0.29) is 5.56 Å². The van der Waals surface area contributed by atoms with Gasteiger partial charge in [-0.05, 0) is 19.1 Å². The predicted molar refractivity (Wildman–Crippen MR) is 78.7 cm³/mol. The molecule has 102 valence electrons. The summed E-state index contributed by atoms with van der Waals surface area (Å²) in [7, 11) is 1.70. The predicted octanol–water partition coefficient (Wildman–Crippen LogP) is 0.869. The zero-order valence-corrected chi connectivity index (χ0v) is 11.9. The summed E-state index contributed by atoms with van der Waals surface area (Å²) in [4.78, 5) is 17.3. The molecular weight excluding hydrogens is 274 g/mol. The van der Waals surface area contributed by atoms with E-state index in [4.69, 9.17) is 5.84 Å². The molecule has 0 aliphatic heterocycles. The Hall–Kier alpha value is -2.41. The molecule has 0 aliphatic rings. The van der Waals surface area contributed by atoms with E-state index in [0.717, 1.165) is 5.69 Å². The topological polar surface area (TPSA) is 78.2 Å². The molecule has 0 unspecified atom stereocenters. The van der Waals surface area contributed by atoms with Crippen LogP contribution < -0.4 is 16.2 Å². The fourth-order valence-corrected chi connectivity index (χ4v) is 3.01. The van der Waals surface area contributed by atoms with E-state index in [2.05, 4.69) is 10.1 Å². The third kappa shape index (κ3) is 1.75. The molecule has 1 aromatic carbocycles. The van der Waals surface area contributed by atoms with Crippen molar-refractivity contribution >= 4 is 21.7 Å². The number of thiazole rings is 1. The van der Waals surface area contributed by atoms with Crippen LogP contribution in [0.25, 0.3) is 16.0 Å². The van der Waals surface area contributed by atoms with Crippen molar-refractivity contribution in [1.29, 1.82) is 0 Å². The number of rotatable bonds is 1. The van der Waals surface area contributed by atoms with Gasteiger partial charge in [-0.1, -0.05) is 29.5 Å². The Labute approximate surface area is 118 Å². The molecule has 2 N–H and O–H groups in total. The van der Waals surface area contributed by atoms with Crippen LogP contribution in [0.5, 0.6) is 0 Å². The number of nitrogens with zero attached hydrogens (tertiary/aromatic N) is 4. The number of para-hydroxylation sites is 1. The maximum atomic E-state index is 12.3. The highest BCUT2D eigenvalue weighted by Gasteiger charge is 2.14. The summed E-state index contributed by atoms with van der Waals surface area (Å²) in [5.74, 6) is 6.10. The highest BCUT2D eigenvalue weighted by molar-refractivity contribution is 7.16. The van der Waals surface area contributed by atoms with Crippen LogP contribution in [0.15, 0.2) is 40.2 Å². The van der Waals surface area contributed by atoms with Crippen LogP contribution in [0.2, 0.25) is 0 Å². The van der Waals surface area contributed by atoms with Gasteiger partial charge in [-0.2, -0.15) is 5.10 Å². The van der Waals surface area contributed by atoms with E-state index in [1.54, 1.807) is 18.5 Å². The first-order chi connectivity index (χ1) is 9.63. The molecule has 0 amide bonds. The number of benzene rings is 1. The van der Waals surface area contributed by atoms with Crippen molar-refractivity contribution in [3.63, 3.8) is 0 Å². The van der Waals surface area contributed by atoms with E-state index in [1.807, 2.05) is 30.3 Å². The summed E-state index contributed by atoms with van der Waals surface area (Å²) in [5, 5.41) is 3.78. The number of hydrogen-bond acceptors (Lipinski definition) is 5. The molecule has 2 heterocycles. The number of aryl methyl sites for hydroxylation is 1. The second kappa shape index (κ2) is 4.61. The Morgan fingerprint density at radius 2 is 2.00 bits per heavy atom. The Morgan fingerprint density at radius 3 is 2.65 bits per heavy atom. The fraction of sp³-hybridized carbons (Fsp3) is 0.154. The maximum Gasteiger partial charge on any atom is 0.272 e. The summed E-state index contributed by atoms with van der Waals surface area (Å²) in [6.45, 7) is 1.80. The van der Waals surface area contributed by atoms with Gasteiger partial charge in [0, 0.05) is 12.7 Å². The maximum absolute atomic E-state index is 12.3. The van der Waals surface area contributed by atoms with Crippen LogP contribution in [-0.2, 0) is 7.05 Å². The molecule has 3 rings (SSSR count). The normalized spacial score (nSPS) is 12.2. The van der Waals surface area contributed by atoms with Gasteiger partial charge in [0.05, 0.1) is 0 Å². The third-order valence-corrected chi connectivity index (χ3v) is 4.21. The van der Waals surface area contributed by atoms with Crippen molar-refractivity contribution in [2.45, 2.75) is 6.92 Å². The van der Waals surface area contributed by atoms with Gasteiger partial charge < -0.3 is 5.84 Å². The van der Waals surface area contributed by atoms with Crippen LogP contribution in [0.4, 0.5) is 0 Å². The third-order valence-electron chi connectivity index (χ3n) is 3.18. The molecule has 0 aliphatic carbocycles. The van der Waals surface area contributed by atoms with Gasteiger partial charge in [0.25, 0.3) is 5.56 Å². The smallest absolute Gasteiger partial charge is 0.272 e. The average molecular weight is 287 g/mol. The van der Waals surface area contributed by atoms with Crippen LogP contribution in [0, 0.1) is 6.92 Å². The second-order valence-corrected chi connectivity index (χ2v) is 5.34. The molecule has 0 fully saturated rings. The minimum atomic E-state index is -0.0860. The molecule has 3 aromatic rings. The van der Waals surface area contributed by atoms with E-state index in [9.17, 15) is 4.79 Å². The molecular formula is C13H13N5OS. The first-order valence-corrected chi connectivity index (χ1v) is 6.83. The largest absolute Gasteiger partial charge is 0.320 e. The van der Waals surface area contributed by atoms with Crippen molar-refractivity contribution < 1.29 is 0 Å². The van der Waals surface area contributed by atoms with E-state index < -0.39 is 0 Å². The number of hydrogen-bond donors (Lipinski definition) is 1. The summed E-state index contributed by atoms with van der Waals surface area (Å²) in [5.41, 5.74) is 1.38. The van der Waals surface area contributed by atoms with Crippen molar-refractivity contribution in [3.05, 3.63) is 51.3 Å². The summed E-state index contributed by atoms with van der Waals surface area (Å²) in [6, 6.07) is 9.61. The highest BCUT2D eigenvalue weighted by Crippen LogP contribution is 2.16. The van der Waals surface area contributed by atoms with Crippen molar-refractivity contribution in [2.75, 3.05) is 0 Å². The molecule has 0 radical (unpaired) electrons. The molecule has 6 nitrogen and oxygen atoms in total. The van der Waals surface area contributed by atoms with Gasteiger partial charge in [0.15, 0.2) is 5.65 Å². The Morgan fingerprint density at radius 1 is 1.30 bits per heavy atom. The van der Waals surface area contributed by atoms with Crippen LogP contribution in [0.1, 0.15) is 5.82 Å². The Bertz CT molecular complexity index is 904. The standard InChI is InChI=1S/C13H13N5OS/c1-8-15-11-10(12(19)17(8)2)20-13(16-14)18(11)9-6-4-3-5-7-9/h3-7H,14H2,1-2H3/b16-13-. The van der Waals surface area contributed by atoms with Gasteiger partial charge in [-0.3, -0.25) is 13.9 Å². The zero-order chi connectivity index (χ0) is 14.3. The first kappa shape index (κ1) is 12.6. The van der Waals surface area contributed by atoms with Crippen LogP contribution in [-0.4, -0.2) is 14.1 Å². The van der Waals surface area contributed by atoms with Crippen LogP contribution in [0.3, 0.4) is 0 Å². The van der Waals surface area contributed by atoms with E-state index in [1.165, 1.54) is 15.9 Å².